The minimum Gasteiger partial charge on any atom is -0.357 e. The van der Waals surface area contributed by atoms with Crippen LogP contribution in [0.15, 0.2) is 18.3 Å². The van der Waals surface area contributed by atoms with Gasteiger partial charge in [0.05, 0.1) is 0 Å². The van der Waals surface area contributed by atoms with E-state index in [0.29, 0.717) is 12.2 Å². The van der Waals surface area contributed by atoms with Crippen molar-refractivity contribution < 1.29 is 4.79 Å². The first kappa shape index (κ1) is 10.8. The van der Waals surface area contributed by atoms with Gasteiger partial charge in [-0.25, -0.2) is 0 Å². The molecule has 4 nitrogen and oxygen atoms in total. The van der Waals surface area contributed by atoms with Crippen molar-refractivity contribution in [3.63, 3.8) is 0 Å². The number of rotatable bonds is 6. The molecule has 1 aromatic rings. The number of nitrogens with one attached hydrogen (secondary N) is 3. The Labute approximate surface area is 84.1 Å². The standard InChI is InChI=1S/C10H17N3O/c1-2-5-11-7-8-13-10(14)9-4-3-6-12-9/h3-4,6,11-12H,2,5,7-8H2,1H3,(H,13,14). The quantitative estimate of drug-likeness (QED) is 0.586. The van der Waals surface area contributed by atoms with Gasteiger partial charge in [-0.15, -0.1) is 0 Å². The maximum absolute atomic E-state index is 11.4. The van der Waals surface area contributed by atoms with Crippen LogP contribution in [0.5, 0.6) is 0 Å². The molecule has 0 aliphatic carbocycles. The molecular weight excluding hydrogens is 178 g/mol. The molecule has 0 saturated carbocycles. The van der Waals surface area contributed by atoms with Gasteiger partial charge >= 0.3 is 0 Å². The van der Waals surface area contributed by atoms with E-state index in [1.807, 2.05) is 6.07 Å². The molecular formula is C10H17N3O. The predicted octanol–water partition coefficient (Wildman–Crippen LogP) is 0.744. The molecule has 0 aliphatic heterocycles. The van der Waals surface area contributed by atoms with Crippen LogP contribution >= 0.6 is 0 Å². The second-order valence-corrected chi connectivity index (χ2v) is 3.09. The summed E-state index contributed by atoms with van der Waals surface area (Å²) in [5.74, 6) is -0.0479. The number of aromatic nitrogens is 1. The molecule has 4 heteroatoms. The fourth-order valence-electron chi connectivity index (χ4n) is 1.13. The molecule has 1 rings (SSSR count). The second kappa shape index (κ2) is 6.21. The van der Waals surface area contributed by atoms with Crippen molar-refractivity contribution in [3.8, 4) is 0 Å². The lowest BCUT2D eigenvalue weighted by molar-refractivity contribution is 0.0949. The summed E-state index contributed by atoms with van der Waals surface area (Å²) in [7, 11) is 0. The molecule has 0 fully saturated rings. The monoisotopic (exact) mass is 195 g/mol. The molecule has 14 heavy (non-hydrogen) atoms. The van der Waals surface area contributed by atoms with E-state index in [9.17, 15) is 4.79 Å². The van der Waals surface area contributed by atoms with Gasteiger partial charge in [-0.1, -0.05) is 6.92 Å². The fraction of sp³-hybridized carbons (Fsp3) is 0.500. The van der Waals surface area contributed by atoms with Crippen molar-refractivity contribution in [3.05, 3.63) is 24.0 Å². The highest BCUT2D eigenvalue weighted by molar-refractivity contribution is 5.92. The third kappa shape index (κ3) is 3.62. The molecule has 1 aromatic heterocycles. The first-order valence-corrected chi connectivity index (χ1v) is 4.97. The number of amides is 1. The molecule has 1 heterocycles. The Morgan fingerprint density at radius 3 is 2.93 bits per heavy atom. The first-order valence-electron chi connectivity index (χ1n) is 4.97. The normalized spacial score (nSPS) is 10.1. The number of hydrogen-bond acceptors (Lipinski definition) is 2. The largest absolute Gasteiger partial charge is 0.357 e. The summed E-state index contributed by atoms with van der Waals surface area (Å²) in [6.45, 7) is 4.60. The number of hydrogen-bond donors (Lipinski definition) is 3. The van der Waals surface area contributed by atoms with Gasteiger partial charge in [-0.05, 0) is 25.1 Å². The van der Waals surface area contributed by atoms with Crippen LogP contribution in [-0.2, 0) is 0 Å². The molecule has 0 aromatic carbocycles. The van der Waals surface area contributed by atoms with Gasteiger partial charge in [0.2, 0.25) is 0 Å². The Morgan fingerprint density at radius 1 is 1.43 bits per heavy atom. The van der Waals surface area contributed by atoms with Gasteiger partial charge in [-0.3, -0.25) is 4.79 Å². The van der Waals surface area contributed by atoms with Crippen LogP contribution in [0.3, 0.4) is 0 Å². The van der Waals surface area contributed by atoms with E-state index in [-0.39, 0.29) is 5.91 Å². The van der Waals surface area contributed by atoms with Crippen LogP contribution in [0.4, 0.5) is 0 Å². The highest BCUT2D eigenvalue weighted by Gasteiger charge is 2.03. The van der Waals surface area contributed by atoms with Crippen molar-refractivity contribution in [1.82, 2.24) is 15.6 Å². The van der Waals surface area contributed by atoms with Crippen molar-refractivity contribution in [2.24, 2.45) is 0 Å². The summed E-state index contributed by atoms with van der Waals surface area (Å²) in [6, 6.07) is 3.57. The first-order chi connectivity index (χ1) is 6.84. The second-order valence-electron chi connectivity index (χ2n) is 3.09. The van der Waals surface area contributed by atoms with Gasteiger partial charge in [0.15, 0.2) is 0 Å². The molecule has 0 bridgehead atoms. The maximum Gasteiger partial charge on any atom is 0.267 e. The molecule has 0 aliphatic rings. The Morgan fingerprint density at radius 2 is 2.29 bits per heavy atom. The summed E-state index contributed by atoms with van der Waals surface area (Å²) >= 11 is 0. The molecule has 1 amide bonds. The van der Waals surface area contributed by atoms with Crippen molar-refractivity contribution >= 4 is 5.91 Å². The Kier molecular flexibility index (Phi) is 4.78. The van der Waals surface area contributed by atoms with Gasteiger partial charge < -0.3 is 15.6 Å². The summed E-state index contributed by atoms with van der Waals surface area (Å²) in [4.78, 5) is 14.2. The highest BCUT2D eigenvalue weighted by Crippen LogP contribution is 1.92. The van der Waals surface area contributed by atoms with Gasteiger partial charge in [0.25, 0.3) is 5.91 Å². The van der Waals surface area contributed by atoms with E-state index in [1.54, 1.807) is 12.3 Å². The topological polar surface area (TPSA) is 56.9 Å². The van der Waals surface area contributed by atoms with E-state index in [0.717, 1.165) is 19.5 Å². The summed E-state index contributed by atoms with van der Waals surface area (Å²) < 4.78 is 0. The van der Waals surface area contributed by atoms with E-state index in [4.69, 9.17) is 0 Å². The molecule has 0 spiro atoms. The third-order valence-electron chi connectivity index (χ3n) is 1.86. The molecule has 0 atom stereocenters. The molecule has 78 valence electrons. The summed E-state index contributed by atoms with van der Waals surface area (Å²) in [6.07, 6.45) is 2.86. The zero-order valence-corrected chi connectivity index (χ0v) is 8.47. The number of carbonyl (C=O) groups is 1. The molecule has 0 unspecified atom stereocenters. The third-order valence-corrected chi connectivity index (χ3v) is 1.86. The highest BCUT2D eigenvalue weighted by atomic mass is 16.1. The van der Waals surface area contributed by atoms with Crippen LogP contribution < -0.4 is 10.6 Å². The number of aromatic amines is 1. The van der Waals surface area contributed by atoms with Crippen molar-refractivity contribution in [1.29, 1.82) is 0 Å². The van der Waals surface area contributed by atoms with E-state index < -0.39 is 0 Å². The fourth-order valence-corrected chi connectivity index (χ4v) is 1.13. The smallest absolute Gasteiger partial charge is 0.267 e. The minimum absolute atomic E-state index is 0.0479. The van der Waals surface area contributed by atoms with Gasteiger partial charge in [0, 0.05) is 19.3 Å². The zero-order chi connectivity index (χ0) is 10.2. The molecule has 3 N–H and O–H groups in total. The molecule has 0 radical (unpaired) electrons. The van der Waals surface area contributed by atoms with Gasteiger partial charge in [-0.2, -0.15) is 0 Å². The number of carbonyl (C=O) groups excluding carboxylic acids is 1. The summed E-state index contributed by atoms with van der Waals surface area (Å²) in [5, 5.41) is 6.02. The van der Waals surface area contributed by atoms with Crippen LogP contribution in [0.1, 0.15) is 23.8 Å². The molecule has 0 saturated heterocycles. The van der Waals surface area contributed by atoms with E-state index in [2.05, 4.69) is 22.5 Å². The Bertz CT molecular complexity index is 256. The average molecular weight is 195 g/mol. The summed E-state index contributed by atoms with van der Waals surface area (Å²) in [5.41, 5.74) is 0.612. The average Bonchev–Trinajstić information content (AvgIpc) is 2.70. The lowest BCUT2D eigenvalue weighted by atomic mass is 10.4. The SMILES string of the molecule is CCCNCCNC(=O)c1ccc[nH]1. The predicted molar refractivity (Wildman–Crippen MR) is 56.3 cm³/mol. The van der Waals surface area contributed by atoms with Crippen LogP contribution in [0.2, 0.25) is 0 Å². The van der Waals surface area contributed by atoms with Crippen LogP contribution in [0, 0.1) is 0 Å². The lowest BCUT2D eigenvalue weighted by Gasteiger charge is -2.04. The van der Waals surface area contributed by atoms with Gasteiger partial charge in [0.1, 0.15) is 5.69 Å². The number of H-pyrrole nitrogens is 1. The Balaban J connectivity index is 2.10. The van der Waals surface area contributed by atoms with Crippen molar-refractivity contribution in [2.45, 2.75) is 13.3 Å². The van der Waals surface area contributed by atoms with Crippen LogP contribution in [0.25, 0.3) is 0 Å². The zero-order valence-electron chi connectivity index (χ0n) is 8.47. The van der Waals surface area contributed by atoms with Crippen molar-refractivity contribution in [2.75, 3.05) is 19.6 Å². The maximum atomic E-state index is 11.4. The Hall–Kier alpha value is -1.29. The van der Waals surface area contributed by atoms with Crippen LogP contribution in [-0.4, -0.2) is 30.5 Å². The minimum atomic E-state index is -0.0479. The van der Waals surface area contributed by atoms with E-state index in [1.165, 1.54) is 0 Å². The van der Waals surface area contributed by atoms with E-state index >= 15 is 0 Å². The lowest BCUT2D eigenvalue weighted by Crippen LogP contribution is -2.32.